The quantitative estimate of drug-likeness (QED) is 0.827. The Morgan fingerprint density at radius 2 is 2.33 bits per heavy atom. The van der Waals surface area contributed by atoms with E-state index in [1.54, 1.807) is 0 Å². The number of aryl methyl sites for hydroxylation is 1. The Morgan fingerprint density at radius 1 is 1.48 bits per heavy atom. The molecule has 0 fully saturated rings. The van der Waals surface area contributed by atoms with Crippen molar-refractivity contribution >= 4 is 16.6 Å². The van der Waals surface area contributed by atoms with Gasteiger partial charge in [-0.2, -0.15) is 4.89 Å². The second-order valence-electron chi connectivity index (χ2n) is 5.59. The second kappa shape index (κ2) is 5.87. The zero-order valence-corrected chi connectivity index (χ0v) is 12.5. The van der Waals surface area contributed by atoms with Crippen molar-refractivity contribution in [3.63, 3.8) is 0 Å². The fourth-order valence-electron chi connectivity index (χ4n) is 2.74. The first kappa shape index (κ1) is 14.1. The van der Waals surface area contributed by atoms with E-state index >= 15 is 0 Å². The van der Waals surface area contributed by atoms with E-state index in [1.165, 1.54) is 0 Å². The number of nitrogens with one attached hydrogen (secondary N) is 1. The summed E-state index contributed by atoms with van der Waals surface area (Å²) in [5.41, 5.74) is 9.75. The molecule has 0 saturated heterocycles. The number of anilines is 1. The summed E-state index contributed by atoms with van der Waals surface area (Å²) in [5.74, 6) is 0.802. The summed E-state index contributed by atoms with van der Waals surface area (Å²) in [5, 5.41) is 4.58. The van der Waals surface area contributed by atoms with Gasteiger partial charge < -0.3 is 15.9 Å². The van der Waals surface area contributed by atoms with Gasteiger partial charge in [-0.15, -0.1) is 0 Å². The Hall–Kier alpha value is -1.85. The van der Waals surface area contributed by atoms with Crippen LogP contribution in [0.15, 0.2) is 18.3 Å². The lowest BCUT2D eigenvalue weighted by molar-refractivity contribution is -0.193. The summed E-state index contributed by atoms with van der Waals surface area (Å²) in [6.07, 6.45) is 3.87. The molecule has 1 atom stereocenters. The SMILES string of the molecule is Cc1ccnc2c(NC(C)CCCN)cc3c(c12)OOC3. The molecular formula is C16H21N3O2. The molecular weight excluding hydrogens is 266 g/mol. The zero-order valence-electron chi connectivity index (χ0n) is 12.5. The number of rotatable bonds is 5. The highest BCUT2D eigenvalue weighted by molar-refractivity contribution is 5.98. The first-order chi connectivity index (χ1) is 10.2. The van der Waals surface area contributed by atoms with Crippen LogP contribution < -0.4 is 15.9 Å². The van der Waals surface area contributed by atoms with Crippen LogP contribution in [0.3, 0.4) is 0 Å². The molecule has 1 aromatic carbocycles. The largest absolute Gasteiger partial charge is 0.381 e. The van der Waals surface area contributed by atoms with E-state index in [0.29, 0.717) is 12.6 Å². The van der Waals surface area contributed by atoms with Crippen molar-refractivity contribution in [2.75, 3.05) is 11.9 Å². The summed E-state index contributed by atoms with van der Waals surface area (Å²) in [6, 6.07) is 4.42. The number of hydrogen-bond acceptors (Lipinski definition) is 5. The van der Waals surface area contributed by atoms with Gasteiger partial charge in [0.2, 0.25) is 0 Å². The zero-order chi connectivity index (χ0) is 14.8. The molecule has 0 bridgehead atoms. The van der Waals surface area contributed by atoms with Gasteiger partial charge in [-0.05, 0) is 50.9 Å². The van der Waals surface area contributed by atoms with Crippen LogP contribution >= 0.6 is 0 Å². The molecule has 3 N–H and O–H groups in total. The molecule has 0 radical (unpaired) electrons. The molecule has 5 heteroatoms. The van der Waals surface area contributed by atoms with E-state index in [-0.39, 0.29) is 0 Å². The number of nitrogens with two attached hydrogens (primary N) is 1. The highest BCUT2D eigenvalue weighted by Gasteiger charge is 2.22. The number of nitrogens with zero attached hydrogens (tertiary/aromatic N) is 1. The third-order valence-electron chi connectivity index (χ3n) is 3.85. The van der Waals surface area contributed by atoms with Crippen molar-refractivity contribution in [1.82, 2.24) is 4.98 Å². The first-order valence-corrected chi connectivity index (χ1v) is 7.38. The van der Waals surface area contributed by atoms with Gasteiger partial charge in [-0.3, -0.25) is 4.98 Å². The van der Waals surface area contributed by atoms with Crippen LogP contribution in [-0.4, -0.2) is 17.6 Å². The lowest BCUT2D eigenvalue weighted by Crippen LogP contribution is -2.17. The average Bonchev–Trinajstić information content (AvgIpc) is 2.93. The predicted octanol–water partition coefficient (Wildman–Crippen LogP) is 2.91. The maximum Gasteiger partial charge on any atom is 0.180 e. The third kappa shape index (κ3) is 2.66. The average molecular weight is 287 g/mol. The molecule has 1 unspecified atom stereocenters. The molecule has 0 aliphatic carbocycles. The van der Waals surface area contributed by atoms with Crippen LogP contribution in [0.4, 0.5) is 5.69 Å². The molecule has 21 heavy (non-hydrogen) atoms. The predicted molar refractivity (Wildman–Crippen MR) is 83.3 cm³/mol. The maximum atomic E-state index is 5.58. The van der Waals surface area contributed by atoms with E-state index in [0.717, 1.165) is 52.9 Å². The van der Waals surface area contributed by atoms with Crippen molar-refractivity contribution in [3.05, 3.63) is 29.5 Å². The minimum atomic E-state index is 0.348. The fourth-order valence-corrected chi connectivity index (χ4v) is 2.74. The van der Waals surface area contributed by atoms with E-state index in [1.807, 2.05) is 12.3 Å². The van der Waals surface area contributed by atoms with Crippen LogP contribution in [0, 0.1) is 6.92 Å². The maximum absolute atomic E-state index is 5.58. The van der Waals surface area contributed by atoms with Crippen LogP contribution in [0.25, 0.3) is 10.9 Å². The topological polar surface area (TPSA) is 69.4 Å². The minimum absolute atomic E-state index is 0.348. The van der Waals surface area contributed by atoms with Gasteiger partial charge in [0.05, 0.1) is 16.6 Å². The normalized spacial score (nSPS) is 14.8. The molecule has 1 aromatic heterocycles. The number of aromatic nitrogens is 1. The summed E-state index contributed by atoms with van der Waals surface area (Å²) in [7, 11) is 0. The monoisotopic (exact) mass is 287 g/mol. The first-order valence-electron chi connectivity index (χ1n) is 7.38. The van der Waals surface area contributed by atoms with Gasteiger partial charge in [0.25, 0.3) is 0 Å². The summed E-state index contributed by atoms with van der Waals surface area (Å²) < 4.78 is 0. The van der Waals surface area contributed by atoms with Crippen LogP contribution in [0.1, 0.15) is 30.9 Å². The van der Waals surface area contributed by atoms with Crippen molar-refractivity contribution in [3.8, 4) is 5.75 Å². The summed E-state index contributed by atoms with van der Waals surface area (Å²) >= 11 is 0. The number of pyridine rings is 1. The molecule has 0 amide bonds. The molecule has 3 rings (SSSR count). The van der Waals surface area contributed by atoms with E-state index < -0.39 is 0 Å². The number of benzene rings is 1. The lowest BCUT2D eigenvalue weighted by Gasteiger charge is -2.17. The Labute approximate surface area is 124 Å². The van der Waals surface area contributed by atoms with Gasteiger partial charge in [-0.1, -0.05) is 0 Å². The van der Waals surface area contributed by atoms with Crippen molar-refractivity contribution in [2.24, 2.45) is 5.73 Å². The van der Waals surface area contributed by atoms with Crippen LogP contribution in [0.5, 0.6) is 5.75 Å². The van der Waals surface area contributed by atoms with Gasteiger partial charge >= 0.3 is 0 Å². The highest BCUT2D eigenvalue weighted by atomic mass is 17.2. The lowest BCUT2D eigenvalue weighted by atomic mass is 10.0. The van der Waals surface area contributed by atoms with Gasteiger partial charge in [0, 0.05) is 17.8 Å². The highest BCUT2D eigenvalue weighted by Crippen LogP contribution is 2.39. The smallest absolute Gasteiger partial charge is 0.180 e. The molecule has 2 heterocycles. The van der Waals surface area contributed by atoms with Crippen LogP contribution in [-0.2, 0) is 11.5 Å². The Kier molecular flexibility index (Phi) is 3.94. The Morgan fingerprint density at radius 3 is 3.14 bits per heavy atom. The van der Waals surface area contributed by atoms with Crippen molar-refractivity contribution < 1.29 is 9.78 Å². The van der Waals surface area contributed by atoms with Gasteiger partial charge in [0.1, 0.15) is 6.61 Å². The van der Waals surface area contributed by atoms with Crippen LogP contribution in [0.2, 0.25) is 0 Å². The molecule has 2 aromatic rings. The standard InChI is InChI=1S/C16H21N3O2/c1-10-5-7-18-15-13(19-11(2)4-3-6-17)8-12-9-20-21-16(12)14(10)15/h5,7-8,11,19H,3-4,6,9,17H2,1-2H3. The van der Waals surface area contributed by atoms with Gasteiger partial charge in [0.15, 0.2) is 5.75 Å². The molecule has 5 nitrogen and oxygen atoms in total. The number of hydrogen-bond donors (Lipinski definition) is 2. The minimum Gasteiger partial charge on any atom is -0.381 e. The summed E-state index contributed by atoms with van der Waals surface area (Å²) in [6.45, 7) is 5.42. The second-order valence-corrected chi connectivity index (χ2v) is 5.59. The Balaban J connectivity index is 2.03. The molecule has 0 spiro atoms. The van der Waals surface area contributed by atoms with Crippen molar-refractivity contribution in [2.45, 2.75) is 39.3 Å². The Bertz CT molecular complexity index is 658. The van der Waals surface area contributed by atoms with Gasteiger partial charge in [-0.25, -0.2) is 0 Å². The van der Waals surface area contributed by atoms with E-state index in [9.17, 15) is 0 Å². The molecule has 1 aliphatic rings. The third-order valence-corrected chi connectivity index (χ3v) is 3.85. The van der Waals surface area contributed by atoms with E-state index in [2.05, 4.69) is 30.2 Å². The molecule has 0 saturated carbocycles. The molecule has 1 aliphatic heterocycles. The fraction of sp³-hybridized carbons (Fsp3) is 0.438. The van der Waals surface area contributed by atoms with E-state index in [4.69, 9.17) is 15.5 Å². The number of fused-ring (bicyclic) bond motifs is 3. The summed E-state index contributed by atoms with van der Waals surface area (Å²) in [4.78, 5) is 15.0. The van der Waals surface area contributed by atoms with Crippen molar-refractivity contribution in [1.29, 1.82) is 0 Å². The molecule has 112 valence electrons.